The van der Waals surface area contributed by atoms with Crippen LogP contribution >= 0.6 is 0 Å². The van der Waals surface area contributed by atoms with E-state index in [2.05, 4.69) is 10.3 Å². The third-order valence-electron chi connectivity index (χ3n) is 3.81. The van der Waals surface area contributed by atoms with Crippen LogP contribution in [0.5, 0.6) is 0 Å². The molecule has 0 aliphatic heterocycles. The van der Waals surface area contributed by atoms with E-state index in [1.54, 1.807) is 16.7 Å². The van der Waals surface area contributed by atoms with Crippen molar-refractivity contribution >= 4 is 17.2 Å². The van der Waals surface area contributed by atoms with E-state index < -0.39 is 0 Å². The van der Waals surface area contributed by atoms with Crippen LogP contribution in [0.2, 0.25) is 0 Å². The minimum absolute atomic E-state index is 0.0935. The van der Waals surface area contributed by atoms with Gasteiger partial charge in [-0.05, 0) is 37.1 Å². The van der Waals surface area contributed by atoms with E-state index >= 15 is 0 Å². The first kappa shape index (κ1) is 13.0. The maximum Gasteiger partial charge on any atom is 0.227 e. The van der Waals surface area contributed by atoms with Crippen molar-refractivity contribution in [1.82, 2.24) is 9.38 Å². The fraction of sp³-hybridized carbons (Fsp3) is 0.176. The summed E-state index contributed by atoms with van der Waals surface area (Å²) in [5.74, 6) is -0.0152. The molecule has 110 valence electrons. The van der Waals surface area contributed by atoms with Gasteiger partial charge in [-0.2, -0.15) is 0 Å². The van der Waals surface area contributed by atoms with Gasteiger partial charge < -0.3 is 9.72 Å². The summed E-state index contributed by atoms with van der Waals surface area (Å²) in [7, 11) is 0. The monoisotopic (exact) mass is 295 g/mol. The molecule has 1 saturated carbocycles. The van der Waals surface area contributed by atoms with E-state index in [9.17, 15) is 9.18 Å². The quantitative estimate of drug-likeness (QED) is 0.804. The number of carbonyl (C=O) groups is 1. The van der Waals surface area contributed by atoms with Gasteiger partial charge in [0.2, 0.25) is 5.91 Å². The average Bonchev–Trinajstić information content (AvgIpc) is 3.28. The third-order valence-corrected chi connectivity index (χ3v) is 3.81. The second-order valence-corrected chi connectivity index (χ2v) is 5.58. The molecule has 4 nitrogen and oxygen atoms in total. The summed E-state index contributed by atoms with van der Waals surface area (Å²) >= 11 is 0. The van der Waals surface area contributed by atoms with Gasteiger partial charge in [-0.1, -0.05) is 12.1 Å². The molecule has 1 aromatic carbocycles. The van der Waals surface area contributed by atoms with Crippen LogP contribution in [-0.2, 0) is 4.79 Å². The van der Waals surface area contributed by atoms with Crippen LogP contribution in [0.3, 0.4) is 0 Å². The molecule has 22 heavy (non-hydrogen) atoms. The molecular weight excluding hydrogens is 281 g/mol. The smallest absolute Gasteiger partial charge is 0.227 e. The predicted molar refractivity (Wildman–Crippen MR) is 81.9 cm³/mol. The highest BCUT2D eigenvalue weighted by atomic mass is 19.1. The maximum absolute atomic E-state index is 13.2. The van der Waals surface area contributed by atoms with Crippen molar-refractivity contribution in [3.63, 3.8) is 0 Å². The molecular formula is C17H14FN3O. The molecule has 0 unspecified atom stereocenters. The third kappa shape index (κ3) is 2.45. The number of imidazole rings is 1. The normalized spacial score (nSPS) is 14.2. The lowest BCUT2D eigenvalue weighted by atomic mass is 10.1. The number of fused-ring (bicyclic) bond motifs is 1. The lowest BCUT2D eigenvalue weighted by molar-refractivity contribution is -0.117. The number of halogens is 1. The number of aromatic nitrogens is 2. The van der Waals surface area contributed by atoms with Gasteiger partial charge in [0.15, 0.2) is 0 Å². The molecule has 0 radical (unpaired) electrons. The first-order valence-corrected chi connectivity index (χ1v) is 7.24. The second kappa shape index (κ2) is 4.94. The average molecular weight is 295 g/mol. The van der Waals surface area contributed by atoms with E-state index in [-0.39, 0.29) is 17.6 Å². The Morgan fingerprint density at radius 3 is 2.64 bits per heavy atom. The molecule has 3 aromatic rings. The number of hydrogen-bond donors (Lipinski definition) is 1. The summed E-state index contributed by atoms with van der Waals surface area (Å²) in [5.41, 5.74) is 3.18. The number of hydrogen-bond acceptors (Lipinski definition) is 2. The number of benzene rings is 1. The van der Waals surface area contributed by atoms with Gasteiger partial charge in [-0.3, -0.25) is 4.79 Å². The van der Waals surface area contributed by atoms with Gasteiger partial charge in [-0.25, -0.2) is 9.37 Å². The van der Waals surface area contributed by atoms with Crippen molar-refractivity contribution in [2.24, 2.45) is 5.92 Å². The number of nitrogens with one attached hydrogen (secondary N) is 1. The number of carbonyl (C=O) groups excluding carboxylic acids is 1. The minimum atomic E-state index is -0.297. The molecule has 1 aliphatic carbocycles. The Kier molecular flexibility index (Phi) is 2.92. The summed E-state index contributed by atoms with van der Waals surface area (Å²) in [6, 6.07) is 10.6. The Morgan fingerprint density at radius 1 is 1.14 bits per heavy atom. The van der Waals surface area contributed by atoms with Crippen LogP contribution in [0, 0.1) is 11.7 Å². The molecule has 0 bridgehead atoms. The lowest BCUT2D eigenvalue weighted by Crippen LogP contribution is -2.12. The molecule has 2 aromatic heterocycles. The fourth-order valence-corrected chi connectivity index (χ4v) is 2.42. The van der Waals surface area contributed by atoms with E-state index in [1.807, 2.05) is 24.3 Å². The van der Waals surface area contributed by atoms with Crippen LogP contribution in [-0.4, -0.2) is 15.3 Å². The second-order valence-electron chi connectivity index (χ2n) is 5.58. The van der Waals surface area contributed by atoms with Crippen LogP contribution in [0.1, 0.15) is 12.8 Å². The van der Waals surface area contributed by atoms with Crippen molar-refractivity contribution in [2.45, 2.75) is 12.8 Å². The van der Waals surface area contributed by atoms with Gasteiger partial charge >= 0.3 is 0 Å². The molecule has 4 rings (SSSR count). The van der Waals surface area contributed by atoms with Crippen LogP contribution in [0.25, 0.3) is 16.9 Å². The molecule has 2 heterocycles. The van der Waals surface area contributed by atoms with E-state index in [1.165, 1.54) is 12.3 Å². The van der Waals surface area contributed by atoms with Crippen molar-refractivity contribution in [3.05, 3.63) is 54.6 Å². The Hall–Kier alpha value is -2.69. The van der Waals surface area contributed by atoms with Crippen molar-refractivity contribution in [2.75, 3.05) is 5.32 Å². The van der Waals surface area contributed by atoms with Gasteiger partial charge in [0.1, 0.15) is 11.5 Å². The zero-order chi connectivity index (χ0) is 15.1. The van der Waals surface area contributed by atoms with E-state index in [0.29, 0.717) is 5.65 Å². The molecule has 1 fully saturated rings. The molecule has 1 N–H and O–H groups in total. The summed E-state index contributed by atoms with van der Waals surface area (Å²) in [4.78, 5) is 16.2. The van der Waals surface area contributed by atoms with E-state index in [4.69, 9.17) is 0 Å². The maximum atomic E-state index is 13.2. The Balaban J connectivity index is 1.59. The summed E-state index contributed by atoms with van der Waals surface area (Å²) in [5, 5.41) is 2.90. The first-order valence-electron chi connectivity index (χ1n) is 7.24. The topological polar surface area (TPSA) is 46.4 Å². The number of anilines is 1. The summed E-state index contributed by atoms with van der Waals surface area (Å²) < 4.78 is 14.9. The minimum Gasteiger partial charge on any atom is -0.326 e. The zero-order valence-corrected chi connectivity index (χ0v) is 11.8. The van der Waals surface area contributed by atoms with Gasteiger partial charge in [0.05, 0.1) is 5.69 Å². The largest absolute Gasteiger partial charge is 0.326 e. The van der Waals surface area contributed by atoms with E-state index in [0.717, 1.165) is 29.8 Å². The molecule has 1 amide bonds. The predicted octanol–water partition coefficient (Wildman–Crippen LogP) is 3.49. The number of nitrogens with zero attached hydrogens (tertiary/aromatic N) is 2. The molecule has 0 atom stereocenters. The standard InChI is InChI=1S/C17H14FN3O/c18-13-5-8-16-20-15(10-21(16)9-13)11-3-6-14(7-4-11)19-17(22)12-1-2-12/h3-10,12H,1-2H2,(H,19,22). The zero-order valence-electron chi connectivity index (χ0n) is 11.8. The molecule has 0 saturated heterocycles. The first-order chi connectivity index (χ1) is 10.7. The van der Waals surface area contributed by atoms with Gasteiger partial charge in [-0.15, -0.1) is 0 Å². The highest BCUT2D eigenvalue weighted by Crippen LogP contribution is 2.30. The molecule has 1 aliphatic rings. The van der Waals surface area contributed by atoms with Crippen molar-refractivity contribution in [3.8, 4) is 11.3 Å². The number of pyridine rings is 1. The Labute approximate surface area is 126 Å². The lowest BCUT2D eigenvalue weighted by Gasteiger charge is -2.04. The van der Waals surface area contributed by atoms with Crippen molar-refractivity contribution < 1.29 is 9.18 Å². The number of amides is 1. The fourth-order valence-electron chi connectivity index (χ4n) is 2.42. The molecule has 0 spiro atoms. The molecule has 5 heteroatoms. The van der Waals surface area contributed by atoms with Crippen LogP contribution in [0.4, 0.5) is 10.1 Å². The highest BCUT2D eigenvalue weighted by Gasteiger charge is 2.29. The van der Waals surface area contributed by atoms with Crippen LogP contribution in [0.15, 0.2) is 48.8 Å². The number of rotatable bonds is 3. The van der Waals surface area contributed by atoms with Gasteiger partial charge in [0.25, 0.3) is 0 Å². The summed E-state index contributed by atoms with van der Waals surface area (Å²) in [6.07, 6.45) is 5.16. The Bertz CT molecular complexity index is 850. The summed E-state index contributed by atoms with van der Waals surface area (Å²) in [6.45, 7) is 0. The Morgan fingerprint density at radius 2 is 1.91 bits per heavy atom. The van der Waals surface area contributed by atoms with Crippen molar-refractivity contribution in [1.29, 1.82) is 0 Å². The SMILES string of the molecule is O=C(Nc1ccc(-c2cn3cc(F)ccc3n2)cc1)C1CC1. The highest BCUT2D eigenvalue weighted by molar-refractivity contribution is 5.94. The van der Waals surface area contributed by atoms with Gasteiger partial charge in [0, 0.05) is 29.6 Å². The van der Waals surface area contributed by atoms with Crippen LogP contribution < -0.4 is 5.32 Å².